The van der Waals surface area contributed by atoms with Crippen molar-refractivity contribution < 1.29 is 36.6 Å². The summed E-state index contributed by atoms with van der Waals surface area (Å²) in [5, 5.41) is 2.96. The van der Waals surface area contributed by atoms with Gasteiger partial charge in [0.2, 0.25) is 12.8 Å². The van der Waals surface area contributed by atoms with Crippen LogP contribution in [0.1, 0.15) is 53.2 Å². The van der Waals surface area contributed by atoms with Crippen molar-refractivity contribution in [2.45, 2.75) is 44.1 Å². The Morgan fingerprint density at radius 2 is 1.86 bits per heavy atom. The smallest absolute Gasteiger partial charge is 0.251 e. The minimum absolute atomic E-state index is 0.00383. The maximum absolute atomic E-state index is 14.4. The summed E-state index contributed by atoms with van der Waals surface area (Å²) in [6, 6.07) is 11.4. The second-order valence-corrected chi connectivity index (χ2v) is 10.3. The molecule has 0 bridgehead atoms. The van der Waals surface area contributed by atoms with E-state index in [4.69, 9.17) is 14.3 Å². The van der Waals surface area contributed by atoms with Gasteiger partial charge in [0.05, 0.1) is 30.5 Å². The average molecular weight is 597 g/mol. The summed E-state index contributed by atoms with van der Waals surface area (Å²) in [6.07, 6.45) is 0.224. The molecule has 2 amide bonds. The first kappa shape index (κ1) is 29.7. The Kier molecular flexibility index (Phi) is 8.74. The Morgan fingerprint density at radius 3 is 2.53 bits per heavy atom. The van der Waals surface area contributed by atoms with Gasteiger partial charge in [-0.15, -0.1) is 0 Å². The van der Waals surface area contributed by atoms with Crippen LogP contribution in [0.15, 0.2) is 54.7 Å². The van der Waals surface area contributed by atoms with Gasteiger partial charge in [0.1, 0.15) is 34.3 Å². The van der Waals surface area contributed by atoms with Crippen LogP contribution in [0.2, 0.25) is 0 Å². The molecule has 1 aliphatic heterocycles. The van der Waals surface area contributed by atoms with Crippen molar-refractivity contribution in [3.63, 3.8) is 0 Å². The van der Waals surface area contributed by atoms with Crippen molar-refractivity contribution in [1.82, 2.24) is 15.3 Å². The van der Waals surface area contributed by atoms with E-state index in [-0.39, 0.29) is 29.7 Å². The third-order valence-electron chi connectivity index (χ3n) is 7.11. The number of carbonyl (C=O) groups is 2. The number of benzene rings is 2. The molecular weight excluding hydrogens is 568 g/mol. The number of halogens is 4. The fourth-order valence-electron chi connectivity index (χ4n) is 4.79. The number of nitrogens with two attached hydrogens (primary N) is 1. The molecule has 0 spiro atoms. The molecule has 43 heavy (non-hydrogen) atoms. The zero-order chi connectivity index (χ0) is 30.7. The van der Waals surface area contributed by atoms with Crippen LogP contribution in [0.4, 0.5) is 17.6 Å². The van der Waals surface area contributed by atoms with Crippen LogP contribution in [0, 0.1) is 11.6 Å². The lowest BCUT2D eigenvalue weighted by atomic mass is 9.96. The van der Waals surface area contributed by atoms with Gasteiger partial charge >= 0.3 is 0 Å². The first-order chi connectivity index (χ1) is 20.7. The molecule has 1 fully saturated rings. The second kappa shape index (κ2) is 12.6. The lowest BCUT2D eigenvalue weighted by molar-refractivity contribution is -0.106. The largest absolute Gasteiger partial charge is 0.490 e. The zero-order valence-corrected chi connectivity index (χ0v) is 23.0. The standard InChI is InChI=1S/C30H25F4N3O3.CH3NO/c1-15-14-39-28-22(15)11-24(37-27(28)16-2-4-19(31)5-3-16)23(29(33)34)13-36-30(38)18-8-17-9-20(32)12-35-26(17)25(10-18)40-21-6-7-21;2-1-3/h2-5,8-12,15,21,23,29H,6-7,13-14H2,1H3,(H,36,38);1H,(H2,2,3). The van der Waals surface area contributed by atoms with E-state index in [9.17, 15) is 22.4 Å². The molecule has 2 aliphatic rings. The predicted octanol–water partition coefficient (Wildman–Crippen LogP) is 5.49. The Hall–Kier alpha value is -4.74. The van der Waals surface area contributed by atoms with Crippen molar-refractivity contribution in [3.8, 4) is 22.8 Å². The summed E-state index contributed by atoms with van der Waals surface area (Å²) >= 11 is 0. The highest BCUT2D eigenvalue weighted by molar-refractivity contribution is 6.00. The summed E-state index contributed by atoms with van der Waals surface area (Å²) in [4.78, 5) is 30.3. The number of fused-ring (bicyclic) bond motifs is 2. The Bertz CT molecular complexity index is 1650. The maximum atomic E-state index is 14.4. The van der Waals surface area contributed by atoms with E-state index in [1.807, 2.05) is 6.92 Å². The number of aromatic nitrogens is 2. The van der Waals surface area contributed by atoms with Crippen molar-refractivity contribution in [2.75, 3.05) is 13.2 Å². The number of nitrogens with zero attached hydrogens (tertiary/aromatic N) is 2. The van der Waals surface area contributed by atoms with Crippen LogP contribution in [-0.4, -0.2) is 48.0 Å². The van der Waals surface area contributed by atoms with E-state index >= 15 is 0 Å². The Morgan fingerprint density at radius 1 is 1.14 bits per heavy atom. The molecule has 2 aromatic carbocycles. The second-order valence-electron chi connectivity index (χ2n) is 10.3. The van der Waals surface area contributed by atoms with E-state index in [2.05, 4.69) is 21.0 Å². The van der Waals surface area contributed by atoms with Crippen LogP contribution in [0.3, 0.4) is 0 Å². The van der Waals surface area contributed by atoms with Crippen LogP contribution in [-0.2, 0) is 4.79 Å². The molecule has 3 heterocycles. The molecule has 2 atom stereocenters. The number of nitrogens with one attached hydrogen (secondary N) is 1. The molecule has 0 radical (unpaired) electrons. The molecule has 224 valence electrons. The molecule has 12 heteroatoms. The molecule has 6 rings (SSSR count). The number of rotatable bonds is 8. The number of primary amides is 1. The molecule has 0 saturated heterocycles. The van der Waals surface area contributed by atoms with E-state index in [1.165, 1.54) is 42.5 Å². The molecule has 3 N–H and O–H groups in total. The quantitative estimate of drug-likeness (QED) is 0.205. The van der Waals surface area contributed by atoms with Crippen LogP contribution < -0.4 is 20.5 Å². The fraction of sp³-hybridized carbons (Fsp3) is 0.290. The molecular formula is C31H28F4N4O4. The van der Waals surface area contributed by atoms with Gasteiger partial charge in [0, 0.05) is 34.5 Å². The predicted molar refractivity (Wildman–Crippen MR) is 150 cm³/mol. The SMILES string of the molecule is CC1COc2c1cc(C(CNC(=O)c1cc(OC3CC3)c3ncc(F)cc3c1)C(F)F)nc2-c1ccc(F)cc1.NC=O. The highest BCUT2D eigenvalue weighted by Crippen LogP contribution is 2.42. The minimum Gasteiger partial charge on any atom is -0.490 e. The average Bonchev–Trinajstić information content (AvgIpc) is 3.72. The number of pyridine rings is 2. The summed E-state index contributed by atoms with van der Waals surface area (Å²) in [6.45, 7) is 1.88. The van der Waals surface area contributed by atoms with Crippen molar-refractivity contribution in [3.05, 3.63) is 83.2 Å². The van der Waals surface area contributed by atoms with Crippen LogP contribution in [0.5, 0.6) is 11.5 Å². The lowest BCUT2D eigenvalue weighted by Crippen LogP contribution is -2.31. The molecule has 8 nitrogen and oxygen atoms in total. The summed E-state index contributed by atoms with van der Waals surface area (Å²) in [7, 11) is 0. The van der Waals surface area contributed by atoms with Gasteiger partial charge in [-0.1, -0.05) is 6.92 Å². The number of hydrogen-bond donors (Lipinski definition) is 2. The first-order valence-electron chi connectivity index (χ1n) is 13.6. The summed E-state index contributed by atoms with van der Waals surface area (Å²) in [5.41, 5.74) is 6.42. The normalized spacial score (nSPS) is 16.1. The highest BCUT2D eigenvalue weighted by Gasteiger charge is 2.32. The van der Waals surface area contributed by atoms with Gasteiger partial charge in [-0.2, -0.15) is 0 Å². The van der Waals surface area contributed by atoms with E-state index in [0.717, 1.165) is 24.6 Å². The van der Waals surface area contributed by atoms with Crippen molar-refractivity contribution >= 4 is 23.2 Å². The summed E-state index contributed by atoms with van der Waals surface area (Å²) in [5.74, 6) is -2.28. The van der Waals surface area contributed by atoms with Gasteiger partial charge in [-0.05, 0) is 61.4 Å². The van der Waals surface area contributed by atoms with Crippen LogP contribution >= 0.6 is 0 Å². The number of amides is 2. The summed E-state index contributed by atoms with van der Waals surface area (Å²) < 4.78 is 67.9. The maximum Gasteiger partial charge on any atom is 0.251 e. The van der Waals surface area contributed by atoms with Gasteiger partial charge in [-0.25, -0.2) is 27.5 Å². The molecule has 1 aliphatic carbocycles. The molecule has 1 saturated carbocycles. The number of alkyl halides is 2. The van der Waals surface area contributed by atoms with Gasteiger partial charge in [0.25, 0.3) is 5.91 Å². The van der Waals surface area contributed by atoms with E-state index < -0.39 is 36.4 Å². The number of carbonyl (C=O) groups excluding carboxylic acids is 2. The number of hydrogen-bond acceptors (Lipinski definition) is 6. The topological polar surface area (TPSA) is 116 Å². The van der Waals surface area contributed by atoms with Gasteiger partial charge in [-0.3, -0.25) is 9.59 Å². The van der Waals surface area contributed by atoms with Crippen molar-refractivity contribution in [1.29, 1.82) is 0 Å². The highest BCUT2D eigenvalue weighted by atomic mass is 19.3. The molecule has 4 aromatic rings. The van der Waals surface area contributed by atoms with Crippen molar-refractivity contribution in [2.24, 2.45) is 5.73 Å². The number of ether oxygens (including phenoxy) is 2. The minimum atomic E-state index is -2.84. The monoisotopic (exact) mass is 596 g/mol. The van der Waals surface area contributed by atoms with Gasteiger partial charge in [0.15, 0.2) is 0 Å². The molecule has 2 aromatic heterocycles. The zero-order valence-electron chi connectivity index (χ0n) is 23.0. The van der Waals surface area contributed by atoms with Gasteiger partial charge < -0.3 is 20.5 Å². The van der Waals surface area contributed by atoms with E-state index in [1.54, 1.807) is 6.07 Å². The third kappa shape index (κ3) is 6.68. The first-order valence-corrected chi connectivity index (χ1v) is 13.6. The lowest BCUT2D eigenvalue weighted by Gasteiger charge is -2.19. The molecule has 2 unspecified atom stereocenters. The van der Waals surface area contributed by atoms with Crippen LogP contribution in [0.25, 0.3) is 22.2 Å². The Balaban J connectivity index is 0.00000118. The van der Waals surface area contributed by atoms with E-state index in [0.29, 0.717) is 40.3 Å². The third-order valence-corrected chi connectivity index (χ3v) is 7.11. The fourth-order valence-corrected chi connectivity index (χ4v) is 4.79. The Labute approximate surface area is 244 Å².